The number of carbonyl (C=O) groups is 1. The number of ether oxygens (including phenoxy) is 1. The lowest BCUT2D eigenvalue weighted by Gasteiger charge is -2.02. The van der Waals surface area contributed by atoms with Crippen LogP contribution in [0.3, 0.4) is 0 Å². The lowest BCUT2D eigenvalue weighted by Crippen LogP contribution is -2.13. The monoisotopic (exact) mass is 344 g/mol. The number of hydrogen-bond acceptors (Lipinski definition) is 5. The molecule has 1 amide bonds. The molecule has 2 aromatic carbocycles. The van der Waals surface area contributed by atoms with Crippen LogP contribution < -0.4 is 10.1 Å². The molecule has 0 aliphatic carbocycles. The van der Waals surface area contributed by atoms with E-state index in [2.05, 4.69) is 10.3 Å². The standard InChI is InChI=1S/C17H16N2O2S2/c1-11-6-8-12(9-7-11)22-10-15(20)18-17-19-16-13(21-2)4-3-5-14(16)23-17/h3-9H,10H2,1-2H3,(H,18,19,20). The van der Waals surface area contributed by atoms with E-state index in [1.807, 2.05) is 49.4 Å². The van der Waals surface area contributed by atoms with Crippen LogP contribution in [-0.2, 0) is 4.79 Å². The average Bonchev–Trinajstić information content (AvgIpc) is 2.96. The zero-order valence-electron chi connectivity index (χ0n) is 12.8. The van der Waals surface area contributed by atoms with Crippen LogP contribution in [0.25, 0.3) is 10.2 Å². The number of rotatable bonds is 5. The fraction of sp³-hybridized carbons (Fsp3) is 0.176. The number of nitrogens with one attached hydrogen (secondary N) is 1. The Hall–Kier alpha value is -2.05. The van der Waals surface area contributed by atoms with Crippen LogP contribution in [0.1, 0.15) is 5.56 Å². The van der Waals surface area contributed by atoms with E-state index in [-0.39, 0.29) is 5.91 Å². The number of amides is 1. The molecule has 0 radical (unpaired) electrons. The highest BCUT2D eigenvalue weighted by molar-refractivity contribution is 8.00. The molecule has 4 nitrogen and oxygen atoms in total. The third kappa shape index (κ3) is 3.83. The van der Waals surface area contributed by atoms with Crippen molar-refractivity contribution in [2.24, 2.45) is 0 Å². The SMILES string of the molecule is COc1cccc2sc(NC(=O)CSc3ccc(C)cc3)nc12. The molecule has 1 aromatic heterocycles. The number of aromatic nitrogens is 1. The Labute approximate surface area is 142 Å². The first-order valence-corrected chi connectivity index (χ1v) is 8.89. The van der Waals surface area contributed by atoms with E-state index in [9.17, 15) is 4.79 Å². The number of carbonyl (C=O) groups excluding carboxylic acids is 1. The van der Waals surface area contributed by atoms with Gasteiger partial charge in [-0.15, -0.1) is 11.8 Å². The maximum absolute atomic E-state index is 12.1. The van der Waals surface area contributed by atoms with Crippen LogP contribution in [0.5, 0.6) is 5.75 Å². The molecule has 0 aliphatic heterocycles. The van der Waals surface area contributed by atoms with E-state index in [0.717, 1.165) is 15.1 Å². The number of para-hydroxylation sites is 1. The minimum atomic E-state index is -0.0615. The van der Waals surface area contributed by atoms with Crippen molar-refractivity contribution in [3.63, 3.8) is 0 Å². The first-order valence-electron chi connectivity index (χ1n) is 7.08. The molecule has 1 N–H and O–H groups in total. The minimum absolute atomic E-state index is 0.0615. The molecular formula is C17H16N2O2S2. The maximum Gasteiger partial charge on any atom is 0.236 e. The Morgan fingerprint density at radius 2 is 2.04 bits per heavy atom. The third-order valence-corrected chi connectivity index (χ3v) is 5.19. The van der Waals surface area contributed by atoms with Gasteiger partial charge >= 0.3 is 0 Å². The second-order valence-corrected chi connectivity index (χ2v) is 7.06. The van der Waals surface area contributed by atoms with Gasteiger partial charge in [0.1, 0.15) is 11.3 Å². The van der Waals surface area contributed by atoms with Gasteiger partial charge in [0, 0.05) is 4.90 Å². The van der Waals surface area contributed by atoms with Crippen LogP contribution in [0.15, 0.2) is 47.4 Å². The number of fused-ring (bicyclic) bond motifs is 1. The number of methoxy groups -OCH3 is 1. The molecule has 3 aromatic rings. The second kappa shape index (κ2) is 7.02. The van der Waals surface area contributed by atoms with E-state index in [1.54, 1.807) is 7.11 Å². The highest BCUT2D eigenvalue weighted by Gasteiger charge is 2.11. The van der Waals surface area contributed by atoms with Gasteiger partial charge < -0.3 is 10.1 Å². The number of hydrogen-bond donors (Lipinski definition) is 1. The largest absolute Gasteiger partial charge is 0.494 e. The first kappa shape index (κ1) is 15.8. The van der Waals surface area contributed by atoms with Gasteiger partial charge in [0.25, 0.3) is 0 Å². The summed E-state index contributed by atoms with van der Waals surface area (Å²) in [4.78, 5) is 17.6. The van der Waals surface area contributed by atoms with Gasteiger partial charge in [-0.3, -0.25) is 4.79 Å². The van der Waals surface area contributed by atoms with Crippen LogP contribution in [0.2, 0.25) is 0 Å². The van der Waals surface area contributed by atoms with Gasteiger partial charge in [-0.05, 0) is 31.2 Å². The summed E-state index contributed by atoms with van der Waals surface area (Å²) in [5.41, 5.74) is 1.99. The van der Waals surface area contributed by atoms with Crippen molar-refractivity contribution < 1.29 is 9.53 Å². The molecule has 6 heteroatoms. The Morgan fingerprint density at radius 1 is 1.26 bits per heavy atom. The summed E-state index contributed by atoms with van der Waals surface area (Å²) in [6.07, 6.45) is 0. The lowest BCUT2D eigenvalue weighted by molar-refractivity contribution is -0.113. The summed E-state index contributed by atoms with van der Waals surface area (Å²) in [5.74, 6) is 1.01. The van der Waals surface area contributed by atoms with Gasteiger partial charge in [0.2, 0.25) is 5.91 Å². The summed E-state index contributed by atoms with van der Waals surface area (Å²) in [5, 5.41) is 3.45. The molecule has 0 saturated carbocycles. The molecule has 3 rings (SSSR count). The molecule has 0 saturated heterocycles. The Morgan fingerprint density at radius 3 is 2.78 bits per heavy atom. The van der Waals surface area contributed by atoms with E-state index in [0.29, 0.717) is 16.6 Å². The smallest absolute Gasteiger partial charge is 0.236 e. The van der Waals surface area contributed by atoms with Gasteiger partial charge in [-0.25, -0.2) is 4.98 Å². The van der Waals surface area contributed by atoms with Crippen LogP contribution in [-0.4, -0.2) is 23.8 Å². The summed E-state index contributed by atoms with van der Waals surface area (Å²) >= 11 is 2.96. The third-order valence-electron chi connectivity index (χ3n) is 3.24. The summed E-state index contributed by atoms with van der Waals surface area (Å²) < 4.78 is 6.28. The van der Waals surface area contributed by atoms with E-state index in [4.69, 9.17) is 4.74 Å². The van der Waals surface area contributed by atoms with Crippen LogP contribution in [0.4, 0.5) is 5.13 Å². The van der Waals surface area contributed by atoms with Crippen molar-refractivity contribution in [1.29, 1.82) is 0 Å². The number of nitrogens with zero attached hydrogens (tertiary/aromatic N) is 1. The fourth-order valence-corrected chi connectivity index (χ4v) is 3.68. The lowest BCUT2D eigenvalue weighted by atomic mass is 10.2. The predicted molar refractivity (Wildman–Crippen MR) is 96.7 cm³/mol. The van der Waals surface area contributed by atoms with Crippen molar-refractivity contribution in [2.45, 2.75) is 11.8 Å². The number of thioether (sulfide) groups is 1. The van der Waals surface area contributed by atoms with E-state index < -0.39 is 0 Å². The fourth-order valence-electron chi connectivity index (χ4n) is 2.08. The zero-order valence-corrected chi connectivity index (χ0v) is 14.5. The molecule has 0 bridgehead atoms. The summed E-state index contributed by atoms with van der Waals surface area (Å²) in [6, 6.07) is 13.9. The van der Waals surface area contributed by atoms with Crippen LogP contribution in [0, 0.1) is 6.92 Å². The second-order valence-electron chi connectivity index (χ2n) is 4.98. The summed E-state index contributed by atoms with van der Waals surface area (Å²) in [6.45, 7) is 2.04. The molecule has 1 heterocycles. The highest BCUT2D eigenvalue weighted by Crippen LogP contribution is 2.32. The Kier molecular flexibility index (Phi) is 4.83. The normalized spacial score (nSPS) is 10.7. The molecule has 118 valence electrons. The van der Waals surface area contributed by atoms with Gasteiger partial charge in [0.05, 0.1) is 17.6 Å². The van der Waals surface area contributed by atoms with Gasteiger partial charge in [-0.1, -0.05) is 35.1 Å². The molecular weight excluding hydrogens is 328 g/mol. The van der Waals surface area contributed by atoms with Gasteiger partial charge in [0.15, 0.2) is 5.13 Å². The number of anilines is 1. The number of aryl methyl sites for hydroxylation is 1. The van der Waals surface area contributed by atoms with E-state index >= 15 is 0 Å². The maximum atomic E-state index is 12.1. The molecule has 23 heavy (non-hydrogen) atoms. The molecule has 0 aliphatic rings. The quantitative estimate of drug-likeness (QED) is 0.699. The van der Waals surface area contributed by atoms with E-state index in [1.165, 1.54) is 28.7 Å². The van der Waals surface area contributed by atoms with Crippen molar-refractivity contribution in [1.82, 2.24) is 4.98 Å². The summed E-state index contributed by atoms with van der Waals surface area (Å²) in [7, 11) is 1.62. The molecule has 0 unspecified atom stereocenters. The van der Waals surface area contributed by atoms with Gasteiger partial charge in [-0.2, -0.15) is 0 Å². The zero-order chi connectivity index (χ0) is 16.2. The van der Waals surface area contributed by atoms with Crippen molar-refractivity contribution >= 4 is 44.4 Å². The number of benzene rings is 2. The molecule has 0 spiro atoms. The number of thiazole rings is 1. The van der Waals surface area contributed by atoms with Crippen molar-refractivity contribution in [3.05, 3.63) is 48.0 Å². The minimum Gasteiger partial charge on any atom is -0.494 e. The Balaban J connectivity index is 1.64. The molecule has 0 fully saturated rings. The topological polar surface area (TPSA) is 51.2 Å². The van der Waals surface area contributed by atoms with Crippen molar-refractivity contribution in [3.8, 4) is 5.75 Å². The highest BCUT2D eigenvalue weighted by atomic mass is 32.2. The predicted octanol–water partition coefficient (Wildman–Crippen LogP) is 4.34. The Bertz CT molecular complexity index is 828. The average molecular weight is 344 g/mol. The first-order chi connectivity index (χ1) is 11.2. The molecule has 0 atom stereocenters. The van der Waals surface area contributed by atoms with Crippen molar-refractivity contribution in [2.75, 3.05) is 18.2 Å². The van der Waals surface area contributed by atoms with Crippen LogP contribution >= 0.6 is 23.1 Å².